The molecule has 3 amide bonds. The third kappa shape index (κ3) is 5.71. The molecule has 6 atom stereocenters. The summed E-state index contributed by atoms with van der Waals surface area (Å²) in [5.41, 5.74) is 0.399. The summed E-state index contributed by atoms with van der Waals surface area (Å²) in [7, 11) is 0. The van der Waals surface area contributed by atoms with Gasteiger partial charge in [-0.2, -0.15) is 0 Å². The first-order valence-corrected chi connectivity index (χ1v) is 16.0. The molecule has 0 saturated carbocycles. The number of hydrogen-bond acceptors (Lipinski definition) is 6. The van der Waals surface area contributed by atoms with Crippen molar-refractivity contribution in [3.05, 3.63) is 85.5 Å². The number of fused-ring (bicyclic) bond motifs is 1. The first-order chi connectivity index (χ1) is 21.3. The number of halogens is 1. The van der Waals surface area contributed by atoms with Gasteiger partial charge in [0, 0.05) is 43.3 Å². The van der Waals surface area contributed by atoms with Gasteiger partial charge in [0.1, 0.15) is 17.4 Å². The minimum absolute atomic E-state index is 0.138. The highest BCUT2D eigenvalue weighted by molar-refractivity contribution is 9.09. The maximum absolute atomic E-state index is 14.5. The molecule has 1 N–H and O–H groups in total. The highest BCUT2D eigenvalue weighted by Crippen LogP contribution is 2.60. The fourth-order valence-electron chi connectivity index (χ4n) is 7.06. The van der Waals surface area contributed by atoms with E-state index in [-0.39, 0.29) is 48.8 Å². The second-order valence-electron chi connectivity index (χ2n) is 11.4. The molecular weight excluding hydrogens is 626 g/mol. The van der Waals surface area contributed by atoms with Gasteiger partial charge in [0.25, 0.3) is 0 Å². The number of rotatable bonds is 14. The maximum Gasteiger partial charge on any atom is 0.248 e. The van der Waals surface area contributed by atoms with E-state index in [2.05, 4.69) is 29.1 Å². The van der Waals surface area contributed by atoms with Crippen LogP contribution in [0.15, 0.2) is 79.9 Å². The van der Waals surface area contributed by atoms with Gasteiger partial charge in [0.15, 0.2) is 0 Å². The van der Waals surface area contributed by atoms with Crippen molar-refractivity contribution in [3.8, 4) is 5.75 Å². The lowest BCUT2D eigenvalue weighted by Crippen LogP contribution is -2.57. The Bertz CT molecular complexity index is 1370. The summed E-state index contributed by atoms with van der Waals surface area (Å²) in [5, 5.41) is 9.69. The highest BCUT2D eigenvalue weighted by Gasteiger charge is 2.76. The van der Waals surface area contributed by atoms with E-state index < -0.39 is 29.6 Å². The van der Waals surface area contributed by atoms with Crippen molar-refractivity contribution in [2.24, 2.45) is 11.8 Å². The summed E-state index contributed by atoms with van der Waals surface area (Å²) < 4.78 is 12.3. The van der Waals surface area contributed by atoms with Gasteiger partial charge in [-0.25, -0.2) is 0 Å². The van der Waals surface area contributed by atoms with Crippen molar-refractivity contribution in [3.63, 3.8) is 0 Å². The molecule has 0 aromatic heterocycles. The van der Waals surface area contributed by atoms with Crippen LogP contribution in [-0.4, -0.2) is 88.0 Å². The summed E-state index contributed by atoms with van der Waals surface area (Å²) in [5.74, 6) is -1.78. The Morgan fingerprint density at radius 2 is 1.82 bits per heavy atom. The Morgan fingerprint density at radius 3 is 2.45 bits per heavy atom. The van der Waals surface area contributed by atoms with Crippen molar-refractivity contribution in [2.75, 3.05) is 37.7 Å². The number of aliphatic hydroxyl groups is 1. The number of hydrogen-bond donors (Lipinski definition) is 1. The lowest BCUT2D eigenvalue weighted by Gasteiger charge is -2.37. The number of amides is 3. The number of aliphatic hydroxyl groups excluding tert-OH is 1. The molecule has 3 aliphatic heterocycles. The molecule has 3 saturated heterocycles. The van der Waals surface area contributed by atoms with Crippen LogP contribution < -0.4 is 9.64 Å². The lowest BCUT2D eigenvalue weighted by molar-refractivity contribution is -0.148. The van der Waals surface area contributed by atoms with Gasteiger partial charge >= 0.3 is 0 Å². The van der Waals surface area contributed by atoms with Gasteiger partial charge in [0.2, 0.25) is 17.7 Å². The Morgan fingerprint density at radius 1 is 1.11 bits per heavy atom. The van der Waals surface area contributed by atoms with E-state index in [4.69, 9.17) is 9.47 Å². The van der Waals surface area contributed by atoms with Crippen LogP contribution in [0.25, 0.3) is 0 Å². The molecule has 2 aromatic carbocycles. The zero-order valence-corrected chi connectivity index (χ0v) is 26.6. The number of anilines is 1. The number of carbonyl (C=O) groups is 3. The van der Waals surface area contributed by atoms with Crippen LogP contribution in [0.5, 0.6) is 5.75 Å². The molecule has 10 heteroatoms. The van der Waals surface area contributed by atoms with Crippen molar-refractivity contribution in [1.82, 2.24) is 9.80 Å². The smallest absolute Gasteiger partial charge is 0.248 e. The maximum atomic E-state index is 14.5. The molecule has 0 radical (unpaired) electrons. The van der Waals surface area contributed by atoms with E-state index in [1.165, 1.54) is 0 Å². The molecule has 1 spiro atoms. The van der Waals surface area contributed by atoms with E-state index >= 15 is 0 Å². The molecular formula is C34H40BrN3O6. The van der Waals surface area contributed by atoms with Crippen LogP contribution in [0.3, 0.4) is 0 Å². The molecule has 44 heavy (non-hydrogen) atoms. The summed E-state index contributed by atoms with van der Waals surface area (Å²) in [4.78, 5) is 47.9. The highest BCUT2D eigenvalue weighted by atomic mass is 79.9. The number of carbonyl (C=O) groups excluding carboxylic acids is 3. The third-order valence-electron chi connectivity index (χ3n) is 8.78. The largest absolute Gasteiger partial charge is 0.494 e. The van der Waals surface area contributed by atoms with Crippen LogP contribution >= 0.6 is 15.9 Å². The number of likely N-dealkylation sites (tertiary alicyclic amines) is 1. The predicted octanol–water partition coefficient (Wildman–Crippen LogP) is 3.95. The number of nitrogens with zero attached hydrogens (tertiary/aromatic N) is 3. The third-order valence-corrected chi connectivity index (χ3v) is 9.62. The van der Waals surface area contributed by atoms with Crippen molar-refractivity contribution in [1.29, 1.82) is 0 Å². The zero-order chi connectivity index (χ0) is 31.4. The Kier molecular flexibility index (Phi) is 9.92. The minimum Gasteiger partial charge on any atom is -0.494 e. The van der Waals surface area contributed by atoms with Gasteiger partial charge in [0.05, 0.1) is 24.5 Å². The molecule has 5 rings (SSSR count). The molecule has 0 aliphatic carbocycles. The molecule has 3 fully saturated rings. The molecule has 9 nitrogen and oxygen atoms in total. The standard InChI is InChI=1S/C34H40BrN3O6/c1-4-17-36(22-23-11-8-7-9-12-23)33(42)30-34-21-26(35)29(44-34)27(28(34)32(41)38(30)19-10-20-39)31(40)37(18-5-2)24-13-15-25(16-14-24)43-6-3/h4-5,7-9,11-16,26-30,39H,1-2,6,10,17-22H2,3H3/t26?,27-,28-,29-,30?,34?/m0/s1. The summed E-state index contributed by atoms with van der Waals surface area (Å²) in [6.45, 7) is 11.0. The van der Waals surface area contributed by atoms with E-state index in [0.29, 0.717) is 37.4 Å². The Labute approximate surface area is 267 Å². The van der Waals surface area contributed by atoms with Crippen molar-refractivity contribution < 1.29 is 29.0 Å². The van der Waals surface area contributed by atoms with Gasteiger partial charge in [-0.3, -0.25) is 14.4 Å². The second kappa shape index (κ2) is 13.7. The van der Waals surface area contributed by atoms with Crippen LogP contribution in [0.2, 0.25) is 0 Å². The topological polar surface area (TPSA) is 99.6 Å². The van der Waals surface area contributed by atoms with Gasteiger partial charge in [-0.1, -0.05) is 58.4 Å². The number of ether oxygens (including phenoxy) is 2. The predicted molar refractivity (Wildman–Crippen MR) is 171 cm³/mol. The van der Waals surface area contributed by atoms with E-state index in [1.807, 2.05) is 49.4 Å². The van der Waals surface area contributed by atoms with Crippen LogP contribution in [0, 0.1) is 11.8 Å². The molecule has 234 valence electrons. The van der Waals surface area contributed by atoms with Gasteiger partial charge in [-0.15, -0.1) is 13.2 Å². The number of benzene rings is 2. The Balaban J connectivity index is 1.52. The normalized spacial score (nSPS) is 26.8. The second-order valence-corrected chi connectivity index (χ2v) is 12.6. The van der Waals surface area contributed by atoms with Gasteiger partial charge in [-0.05, 0) is 49.6 Å². The van der Waals surface area contributed by atoms with E-state index in [9.17, 15) is 19.5 Å². The van der Waals surface area contributed by atoms with Crippen LogP contribution in [-0.2, 0) is 25.7 Å². The SMILES string of the molecule is C=CCN(Cc1ccccc1)C(=O)C1N(CCCO)C(=O)[C@@H]2[C@H](C(=O)N(CC=C)c3ccc(OCC)cc3)[C@H]3OC12CC3Br. The molecule has 3 unspecified atom stereocenters. The molecule has 3 aliphatic rings. The van der Waals surface area contributed by atoms with Crippen molar-refractivity contribution in [2.45, 2.75) is 48.9 Å². The summed E-state index contributed by atoms with van der Waals surface area (Å²) >= 11 is 3.75. The number of alkyl halides is 1. The average Bonchev–Trinajstić information content (AvgIpc) is 3.62. The fourth-order valence-corrected chi connectivity index (χ4v) is 8.00. The zero-order valence-electron chi connectivity index (χ0n) is 25.0. The van der Waals surface area contributed by atoms with E-state index in [0.717, 1.165) is 5.56 Å². The molecule has 2 aromatic rings. The molecule has 2 bridgehead atoms. The summed E-state index contributed by atoms with van der Waals surface area (Å²) in [6.07, 6.45) is 3.43. The lowest BCUT2D eigenvalue weighted by atomic mass is 9.70. The fraction of sp³-hybridized carbons (Fsp3) is 0.441. The van der Waals surface area contributed by atoms with Crippen LogP contribution in [0.4, 0.5) is 5.69 Å². The first kappa shape index (κ1) is 31.9. The van der Waals surface area contributed by atoms with Gasteiger partial charge < -0.3 is 29.3 Å². The van der Waals surface area contributed by atoms with E-state index in [1.54, 1.807) is 39.0 Å². The van der Waals surface area contributed by atoms with Crippen molar-refractivity contribution >= 4 is 39.3 Å². The quantitative estimate of drug-likeness (QED) is 0.242. The molecule has 3 heterocycles. The Hall–Kier alpha value is -3.47. The minimum atomic E-state index is -1.20. The monoisotopic (exact) mass is 665 g/mol. The average molecular weight is 667 g/mol. The van der Waals surface area contributed by atoms with Crippen LogP contribution in [0.1, 0.15) is 25.3 Å². The first-order valence-electron chi connectivity index (χ1n) is 15.1. The summed E-state index contributed by atoms with van der Waals surface area (Å²) in [6, 6.07) is 15.9.